The summed E-state index contributed by atoms with van der Waals surface area (Å²) in [4.78, 5) is 0. The van der Waals surface area contributed by atoms with Gasteiger partial charge in [0.05, 0.1) is 0 Å². The number of hydrogen-bond acceptors (Lipinski definition) is 6. The largest absolute Gasteiger partial charge is 0.457 e. The molecule has 0 unspecified atom stereocenters. The summed E-state index contributed by atoms with van der Waals surface area (Å²) in [5, 5.41) is 12.4. The van der Waals surface area contributed by atoms with Crippen molar-refractivity contribution in [1.29, 1.82) is 0 Å². The molecule has 0 amide bonds. The molecule has 6 heteroatoms. The van der Waals surface area contributed by atoms with Crippen molar-refractivity contribution in [3.8, 4) is 11.5 Å². The first-order chi connectivity index (χ1) is 11.3. The minimum atomic E-state index is 0.804. The van der Waals surface area contributed by atoms with E-state index in [1.54, 1.807) is 23.1 Å². The number of anilines is 2. The molecular formula is C17H17N3OS2. The fourth-order valence-corrected chi connectivity index (χ4v) is 3.56. The molecule has 0 aliphatic heterocycles. The molecule has 0 radical (unpaired) electrons. The summed E-state index contributed by atoms with van der Waals surface area (Å²) in [6, 6.07) is 17.5. The third kappa shape index (κ3) is 4.71. The fraction of sp³-hybridized carbons (Fsp3) is 0.176. The van der Waals surface area contributed by atoms with E-state index in [0.717, 1.165) is 38.8 Å². The highest BCUT2D eigenvalue weighted by atomic mass is 32.2. The van der Waals surface area contributed by atoms with Gasteiger partial charge in [-0.15, -0.1) is 10.2 Å². The monoisotopic (exact) mass is 343 g/mol. The van der Waals surface area contributed by atoms with Gasteiger partial charge in [-0.25, -0.2) is 0 Å². The first kappa shape index (κ1) is 15.8. The Morgan fingerprint density at radius 1 is 1.00 bits per heavy atom. The maximum atomic E-state index is 5.78. The lowest BCUT2D eigenvalue weighted by atomic mass is 10.3. The molecule has 1 heterocycles. The second kappa shape index (κ2) is 7.99. The highest BCUT2D eigenvalue weighted by Gasteiger charge is 2.05. The predicted molar refractivity (Wildman–Crippen MR) is 97.2 cm³/mol. The van der Waals surface area contributed by atoms with Crippen molar-refractivity contribution in [3.05, 3.63) is 54.6 Å². The number of ether oxygens (including phenoxy) is 1. The number of rotatable bonds is 7. The average molecular weight is 343 g/mol. The molecule has 3 rings (SSSR count). The molecule has 0 spiro atoms. The summed E-state index contributed by atoms with van der Waals surface area (Å²) in [6.07, 6.45) is 1.13. The zero-order chi connectivity index (χ0) is 15.9. The van der Waals surface area contributed by atoms with E-state index >= 15 is 0 Å². The maximum absolute atomic E-state index is 5.78. The molecule has 0 atom stereocenters. The fourth-order valence-electron chi connectivity index (χ4n) is 1.86. The summed E-state index contributed by atoms with van der Waals surface area (Å²) in [6.45, 7) is 2.16. The molecule has 0 saturated carbocycles. The zero-order valence-electron chi connectivity index (χ0n) is 12.7. The van der Waals surface area contributed by atoms with Crippen LogP contribution >= 0.6 is 23.1 Å². The SMILES string of the molecule is CCCSc1nnc(Nc2ccc(Oc3ccccc3)cc2)s1. The Bertz CT molecular complexity index is 729. The van der Waals surface area contributed by atoms with Gasteiger partial charge in [0.1, 0.15) is 11.5 Å². The van der Waals surface area contributed by atoms with Gasteiger partial charge in [-0.3, -0.25) is 0 Å². The third-order valence-corrected chi connectivity index (χ3v) is 5.10. The number of thioether (sulfide) groups is 1. The summed E-state index contributed by atoms with van der Waals surface area (Å²) in [5.41, 5.74) is 0.966. The lowest BCUT2D eigenvalue weighted by Crippen LogP contribution is -1.90. The number of nitrogens with zero attached hydrogens (tertiary/aromatic N) is 2. The summed E-state index contributed by atoms with van der Waals surface area (Å²) < 4.78 is 6.77. The van der Waals surface area contributed by atoms with Gasteiger partial charge in [-0.1, -0.05) is 48.2 Å². The van der Waals surface area contributed by atoms with Gasteiger partial charge in [0, 0.05) is 11.4 Å². The van der Waals surface area contributed by atoms with Crippen molar-refractivity contribution in [2.24, 2.45) is 0 Å². The van der Waals surface area contributed by atoms with Crippen LogP contribution < -0.4 is 10.1 Å². The minimum absolute atomic E-state index is 0.804. The first-order valence-electron chi connectivity index (χ1n) is 7.40. The van der Waals surface area contributed by atoms with E-state index < -0.39 is 0 Å². The van der Waals surface area contributed by atoms with Crippen molar-refractivity contribution in [3.63, 3.8) is 0 Å². The van der Waals surface area contributed by atoms with E-state index in [1.165, 1.54) is 0 Å². The van der Waals surface area contributed by atoms with E-state index in [2.05, 4.69) is 22.4 Å². The molecule has 0 aliphatic rings. The van der Waals surface area contributed by atoms with E-state index in [-0.39, 0.29) is 0 Å². The lowest BCUT2D eigenvalue weighted by molar-refractivity contribution is 0.483. The molecule has 0 bridgehead atoms. The predicted octanol–water partition coefficient (Wildman–Crippen LogP) is 5.58. The minimum Gasteiger partial charge on any atom is -0.457 e. The Morgan fingerprint density at radius 2 is 1.74 bits per heavy atom. The highest BCUT2D eigenvalue weighted by molar-refractivity contribution is 8.01. The maximum Gasteiger partial charge on any atom is 0.210 e. The number of hydrogen-bond donors (Lipinski definition) is 1. The van der Waals surface area contributed by atoms with Crippen LogP contribution in [0.2, 0.25) is 0 Å². The number of nitrogens with one attached hydrogen (secondary N) is 1. The molecule has 3 aromatic rings. The van der Waals surface area contributed by atoms with Crippen molar-refractivity contribution in [2.45, 2.75) is 17.7 Å². The van der Waals surface area contributed by atoms with Crippen molar-refractivity contribution >= 4 is 33.9 Å². The van der Waals surface area contributed by atoms with Gasteiger partial charge < -0.3 is 10.1 Å². The third-order valence-electron chi connectivity index (χ3n) is 2.92. The van der Waals surface area contributed by atoms with Crippen molar-refractivity contribution in [1.82, 2.24) is 10.2 Å². The van der Waals surface area contributed by atoms with Crippen molar-refractivity contribution < 1.29 is 4.74 Å². The molecule has 0 fully saturated rings. The first-order valence-corrected chi connectivity index (χ1v) is 9.20. The summed E-state index contributed by atoms with van der Waals surface area (Å²) >= 11 is 3.31. The average Bonchev–Trinajstić information content (AvgIpc) is 3.03. The Hall–Kier alpha value is -2.05. The van der Waals surface area contributed by atoms with Crippen LogP contribution in [-0.2, 0) is 0 Å². The Balaban J connectivity index is 1.60. The van der Waals surface area contributed by atoms with Gasteiger partial charge in [0.25, 0.3) is 0 Å². The second-order valence-corrected chi connectivity index (χ2v) is 7.11. The molecule has 4 nitrogen and oxygen atoms in total. The van der Waals surface area contributed by atoms with E-state index in [1.807, 2.05) is 54.6 Å². The molecular weight excluding hydrogens is 326 g/mol. The quantitative estimate of drug-likeness (QED) is 0.568. The van der Waals surface area contributed by atoms with E-state index in [0.29, 0.717) is 0 Å². The van der Waals surface area contributed by atoms with Crippen LogP contribution in [0.5, 0.6) is 11.5 Å². The molecule has 0 aliphatic carbocycles. The van der Waals surface area contributed by atoms with Crippen LogP contribution in [0.1, 0.15) is 13.3 Å². The van der Waals surface area contributed by atoms with Crippen LogP contribution in [0.25, 0.3) is 0 Å². The van der Waals surface area contributed by atoms with E-state index in [4.69, 9.17) is 4.74 Å². The summed E-state index contributed by atoms with van der Waals surface area (Å²) in [7, 11) is 0. The molecule has 1 aromatic heterocycles. The van der Waals surface area contributed by atoms with Crippen LogP contribution in [-0.4, -0.2) is 16.0 Å². The molecule has 0 saturated heterocycles. The number of para-hydroxylation sites is 1. The lowest BCUT2D eigenvalue weighted by Gasteiger charge is -2.06. The smallest absolute Gasteiger partial charge is 0.210 e. The van der Waals surface area contributed by atoms with Crippen LogP contribution in [0, 0.1) is 0 Å². The van der Waals surface area contributed by atoms with Gasteiger partial charge in [-0.05, 0) is 42.8 Å². The highest BCUT2D eigenvalue weighted by Crippen LogP contribution is 2.29. The van der Waals surface area contributed by atoms with E-state index in [9.17, 15) is 0 Å². The molecule has 1 N–H and O–H groups in total. The van der Waals surface area contributed by atoms with Crippen LogP contribution in [0.15, 0.2) is 58.9 Å². The topological polar surface area (TPSA) is 47.0 Å². The Morgan fingerprint density at radius 3 is 2.48 bits per heavy atom. The van der Waals surface area contributed by atoms with Gasteiger partial charge in [0.2, 0.25) is 5.13 Å². The van der Waals surface area contributed by atoms with Crippen molar-refractivity contribution in [2.75, 3.05) is 11.1 Å². The number of aromatic nitrogens is 2. The zero-order valence-corrected chi connectivity index (χ0v) is 14.4. The van der Waals surface area contributed by atoms with Crippen LogP contribution in [0.3, 0.4) is 0 Å². The van der Waals surface area contributed by atoms with Crippen LogP contribution in [0.4, 0.5) is 10.8 Å². The molecule has 2 aromatic carbocycles. The Kier molecular flexibility index (Phi) is 5.50. The van der Waals surface area contributed by atoms with Gasteiger partial charge in [0.15, 0.2) is 4.34 Å². The standard InChI is InChI=1S/C17H17N3OS2/c1-2-12-22-17-20-19-16(23-17)18-13-8-10-15(11-9-13)21-14-6-4-3-5-7-14/h3-11H,2,12H2,1H3,(H,18,19). The molecule has 23 heavy (non-hydrogen) atoms. The summed E-state index contributed by atoms with van der Waals surface area (Å²) in [5.74, 6) is 2.70. The van der Waals surface area contributed by atoms with Gasteiger partial charge in [-0.2, -0.15) is 0 Å². The number of benzene rings is 2. The molecule has 118 valence electrons. The van der Waals surface area contributed by atoms with Gasteiger partial charge >= 0.3 is 0 Å². The normalized spacial score (nSPS) is 10.5. The second-order valence-electron chi connectivity index (χ2n) is 4.79. The Labute approximate surface area is 143 Å².